The lowest BCUT2D eigenvalue weighted by atomic mass is 9.78. The number of aromatic nitrogens is 2. The highest BCUT2D eigenvalue weighted by Gasteiger charge is 2.43. The average molecular weight is 275 g/mol. The number of aromatic amines is 1. The molecular formula is C13H20F3N3. The van der Waals surface area contributed by atoms with Crippen molar-refractivity contribution in [2.75, 3.05) is 5.73 Å². The highest BCUT2D eigenvalue weighted by atomic mass is 19.4. The van der Waals surface area contributed by atoms with Crippen LogP contribution in [0.4, 0.5) is 19.0 Å². The van der Waals surface area contributed by atoms with Crippen LogP contribution in [0.3, 0.4) is 0 Å². The predicted molar refractivity (Wildman–Crippen MR) is 67.8 cm³/mol. The number of alkyl halides is 3. The van der Waals surface area contributed by atoms with Crippen molar-refractivity contribution in [3.05, 3.63) is 11.3 Å². The number of anilines is 1. The summed E-state index contributed by atoms with van der Waals surface area (Å²) in [7, 11) is 0. The molecule has 1 fully saturated rings. The molecule has 2 unspecified atom stereocenters. The third-order valence-electron chi connectivity index (χ3n) is 3.99. The molecular weight excluding hydrogens is 255 g/mol. The second kappa shape index (κ2) is 5.06. The molecule has 1 aliphatic rings. The Bertz CT molecular complexity index is 437. The van der Waals surface area contributed by atoms with Gasteiger partial charge in [-0.1, -0.05) is 20.3 Å². The number of nitrogens with two attached hydrogens (primary N) is 1. The number of nitrogen functional groups attached to an aromatic ring is 1. The molecule has 108 valence electrons. The number of nitrogens with zero attached hydrogens (tertiary/aromatic N) is 1. The van der Waals surface area contributed by atoms with Gasteiger partial charge in [-0.25, -0.2) is 0 Å². The van der Waals surface area contributed by atoms with Crippen molar-refractivity contribution in [1.82, 2.24) is 10.2 Å². The van der Waals surface area contributed by atoms with E-state index in [1.54, 1.807) is 0 Å². The van der Waals surface area contributed by atoms with E-state index >= 15 is 0 Å². The van der Waals surface area contributed by atoms with E-state index in [1.165, 1.54) is 0 Å². The molecule has 0 saturated heterocycles. The maximum absolute atomic E-state index is 12.8. The van der Waals surface area contributed by atoms with Gasteiger partial charge in [0.15, 0.2) is 0 Å². The first-order valence-corrected chi connectivity index (χ1v) is 6.71. The third-order valence-corrected chi connectivity index (χ3v) is 3.99. The van der Waals surface area contributed by atoms with Crippen molar-refractivity contribution in [3.8, 4) is 0 Å². The molecule has 0 aliphatic heterocycles. The van der Waals surface area contributed by atoms with Gasteiger partial charge in [0, 0.05) is 17.2 Å². The van der Waals surface area contributed by atoms with Crippen LogP contribution in [-0.2, 0) is 0 Å². The summed E-state index contributed by atoms with van der Waals surface area (Å²) in [4.78, 5) is 0. The molecule has 1 aromatic rings. The van der Waals surface area contributed by atoms with Crippen LogP contribution in [0.2, 0.25) is 0 Å². The SMILES string of the molecule is CC(C)c1c(N)n[nH]c1C1CCCC(C(F)(F)F)C1. The van der Waals surface area contributed by atoms with Gasteiger partial charge in [0.05, 0.1) is 5.92 Å². The molecule has 1 heterocycles. The summed E-state index contributed by atoms with van der Waals surface area (Å²) in [6, 6.07) is 0. The number of nitrogens with one attached hydrogen (secondary N) is 1. The first-order valence-electron chi connectivity index (χ1n) is 6.71. The zero-order valence-corrected chi connectivity index (χ0v) is 11.2. The molecule has 1 aliphatic carbocycles. The highest BCUT2D eigenvalue weighted by molar-refractivity contribution is 5.45. The molecule has 0 bridgehead atoms. The molecule has 1 aromatic heterocycles. The molecule has 0 amide bonds. The van der Waals surface area contributed by atoms with Crippen molar-refractivity contribution in [2.45, 2.75) is 57.5 Å². The maximum Gasteiger partial charge on any atom is 0.391 e. The molecule has 1 saturated carbocycles. The van der Waals surface area contributed by atoms with Crippen molar-refractivity contribution in [2.24, 2.45) is 5.92 Å². The van der Waals surface area contributed by atoms with E-state index in [-0.39, 0.29) is 24.7 Å². The van der Waals surface area contributed by atoms with E-state index < -0.39 is 12.1 Å². The smallest absolute Gasteiger partial charge is 0.382 e. The molecule has 19 heavy (non-hydrogen) atoms. The van der Waals surface area contributed by atoms with E-state index in [2.05, 4.69) is 10.2 Å². The fraction of sp³-hybridized carbons (Fsp3) is 0.769. The van der Waals surface area contributed by atoms with Crippen LogP contribution in [0.25, 0.3) is 0 Å². The molecule has 2 rings (SSSR count). The predicted octanol–water partition coefficient (Wildman–Crippen LogP) is 3.95. The van der Waals surface area contributed by atoms with Crippen LogP contribution in [0.5, 0.6) is 0 Å². The summed E-state index contributed by atoms with van der Waals surface area (Å²) in [5, 5.41) is 6.83. The topological polar surface area (TPSA) is 54.7 Å². The Morgan fingerprint density at radius 3 is 2.58 bits per heavy atom. The summed E-state index contributed by atoms with van der Waals surface area (Å²) < 4.78 is 38.5. The van der Waals surface area contributed by atoms with Crippen LogP contribution in [0.1, 0.15) is 62.6 Å². The normalized spacial score (nSPS) is 24.9. The number of halogens is 3. The van der Waals surface area contributed by atoms with Crippen molar-refractivity contribution < 1.29 is 13.2 Å². The minimum absolute atomic E-state index is 0.109. The quantitative estimate of drug-likeness (QED) is 0.858. The van der Waals surface area contributed by atoms with Gasteiger partial charge in [-0.3, -0.25) is 5.10 Å². The number of H-pyrrole nitrogens is 1. The molecule has 6 heteroatoms. The lowest BCUT2D eigenvalue weighted by Gasteiger charge is -2.30. The molecule has 0 radical (unpaired) electrons. The summed E-state index contributed by atoms with van der Waals surface area (Å²) >= 11 is 0. The number of rotatable bonds is 2. The van der Waals surface area contributed by atoms with Gasteiger partial charge in [0.25, 0.3) is 0 Å². The van der Waals surface area contributed by atoms with Gasteiger partial charge in [-0.05, 0) is 25.2 Å². The van der Waals surface area contributed by atoms with E-state index in [4.69, 9.17) is 5.73 Å². The van der Waals surface area contributed by atoms with Crippen molar-refractivity contribution in [3.63, 3.8) is 0 Å². The zero-order chi connectivity index (χ0) is 14.2. The maximum atomic E-state index is 12.8. The van der Waals surface area contributed by atoms with Gasteiger partial charge < -0.3 is 5.73 Å². The molecule has 0 aromatic carbocycles. The largest absolute Gasteiger partial charge is 0.391 e. The lowest BCUT2D eigenvalue weighted by Crippen LogP contribution is -2.28. The van der Waals surface area contributed by atoms with Gasteiger partial charge >= 0.3 is 6.18 Å². The Labute approximate surface area is 110 Å². The Morgan fingerprint density at radius 2 is 2.00 bits per heavy atom. The van der Waals surface area contributed by atoms with Crippen LogP contribution < -0.4 is 5.73 Å². The summed E-state index contributed by atoms with van der Waals surface area (Å²) in [5.41, 5.74) is 7.49. The Morgan fingerprint density at radius 1 is 1.32 bits per heavy atom. The summed E-state index contributed by atoms with van der Waals surface area (Å²) in [6.07, 6.45) is -2.34. The summed E-state index contributed by atoms with van der Waals surface area (Å²) in [5.74, 6) is -0.725. The second-order valence-electron chi connectivity index (χ2n) is 5.69. The first-order chi connectivity index (χ1) is 8.80. The molecule has 3 nitrogen and oxygen atoms in total. The second-order valence-corrected chi connectivity index (χ2v) is 5.69. The Kier molecular flexibility index (Phi) is 3.78. The highest BCUT2D eigenvalue weighted by Crippen LogP contribution is 2.45. The Balaban J connectivity index is 2.23. The molecule has 0 spiro atoms. The number of hydrogen-bond acceptors (Lipinski definition) is 2. The van der Waals surface area contributed by atoms with Gasteiger partial charge in [-0.2, -0.15) is 18.3 Å². The van der Waals surface area contributed by atoms with Crippen LogP contribution in [0, 0.1) is 5.92 Å². The van der Waals surface area contributed by atoms with Gasteiger partial charge in [-0.15, -0.1) is 0 Å². The fourth-order valence-electron chi connectivity index (χ4n) is 3.05. The van der Waals surface area contributed by atoms with Crippen molar-refractivity contribution >= 4 is 5.82 Å². The fourth-order valence-corrected chi connectivity index (χ4v) is 3.05. The monoisotopic (exact) mass is 275 g/mol. The van der Waals surface area contributed by atoms with Gasteiger partial charge in [0.1, 0.15) is 5.82 Å². The van der Waals surface area contributed by atoms with E-state index in [0.717, 1.165) is 17.7 Å². The minimum Gasteiger partial charge on any atom is -0.382 e. The standard InChI is InChI=1S/C13H20F3N3/c1-7(2)10-11(18-19-12(10)17)8-4-3-5-9(6-8)13(14,15)16/h7-9H,3-6H2,1-2H3,(H3,17,18,19). The third kappa shape index (κ3) is 2.87. The van der Waals surface area contributed by atoms with E-state index in [9.17, 15) is 13.2 Å². The van der Waals surface area contributed by atoms with Crippen LogP contribution in [0.15, 0.2) is 0 Å². The molecule has 3 N–H and O–H groups in total. The van der Waals surface area contributed by atoms with Crippen LogP contribution >= 0.6 is 0 Å². The van der Waals surface area contributed by atoms with E-state index in [1.807, 2.05) is 13.8 Å². The lowest BCUT2D eigenvalue weighted by molar-refractivity contribution is -0.183. The zero-order valence-electron chi connectivity index (χ0n) is 11.2. The molecule has 2 atom stereocenters. The first kappa shape index (κ1) is 14.2. The van der Waals surface area contributed by atoms with E-state index in [0.29, 0.717) is 12.2 Å². The average Bonchev–Trinajstić information content (AvgIpc) is 2.70. The minimum atomic E-state index is -4.10. The van der Waals surface area contributed by atoms with Crippen LogP contribution in [-0.4, -0.2) is 16.4 Å². The Hall–Kier alpha value is -1.20. The van der Waals surface area contributed by atoms with Gasteiger partial charge in [0.2, 0.25) is 0 Å². The van der Waals surface area contributed by atoms with Crippen molar-refractivity contribution in [1.29, 1.82) is 0 Å². The number of hydrogen-bond donors (Lipinski definition) is 2. The summed E-state index contributed by atoms with van der Waals surface area (Å²) in [6.45, 7) is 3.96.